The fourth-order valence-corrected chi connectivity index (χ4v) is 3.75. The van der Waals surface area contributed by atoms with Gasteiger partial charge in [0.1, 0.15) is 6.10 Å². The van der Waals surface area contributed by atoms with Gasteiger partial charge in [-0.05, 0) is 47.9 Å². The number of carbonyl (C=O) groups is 1. The molecule has 1 N–H and O–H groups in total. The summed E-state index contributed by atoms with van der Waals surface area (Å²) in [6.45, 7) is 3.66. The Morgan fingerprint density at radius 3 is 1.97 bits per heavy atom. The summed E-state index contributed by atoms with van der Waals surface area (Å²) in [4.78, 5) is 14.2. The normalized spacial score (nSPS) is 13.9. The predicted molar refractivity (Wildman–Crippen MR) is 125 cm³/mol. The number of halogens is 2. The Morgan fingerprint density at radius 1 is 0.935 bits per heavy atom. The fourth-order valence-electron chi connectivity index (χ4n) is 3.50. The van der Waals surface area contributed by atoms with E-state index in [9.17, 15) is 4.79 Å². The van der Waals surface area contributed by atoms with Crippen LogP contribution in [0.15, 0.2) is 72.8 Å². The van der Waals surface area contributed by atoms with Crippen LogP contribution in [-0.2, 0) is 11.3 Å². The quantitative estimate of drug-likeness (QED) is 0.495. The Hall–Kier alpha value is -2.53. The summed E-state index contributed by atoms with van der Waals surface area (Å²) in [5, 5.41) is 4.33. The summed E-state index contributed by atoms with van der Waals surface area (Å²) in [5.41, 5.74) is 4.30. The highest BCUT2D eigenvalue weighted by atomic mass is 35.5. The highest BCUT2D eigenvalue weighted by Gasteiger charge is 2.34. The average molecular weight is 455 g/mol. The van der Waals surface area contributed by atoms with Crippen LogP contribution in [0.5, 0.6) is 0 Å². The van der Waals surface area contributed by atoms with Gasteiger partial charge in [-0.25, -0.2) is 4.79 Å². The Labute approximate surface area is 192 Å². The van der Waals surface area contributed by atoms with E-state index in [2.05, 4.69) is 5.32 Å². The van der Waals surface area contributed by atoms with Crippen LogP contribution in [0.1, 0.15) is 28.4 Å². The van der Waals surface area contributed by atoms with E-state index in [0.717, 1.165) is 16.7 Å². The molecular weight excluding hydrogens is 431 g/mol. The molecule has 1 aliphatic heterocycles. The minimum atomic E-state index is -0.252. The van der Waals surface area contributed by atoms with Gasteiger partial charge in [0, 0.05) is 16.6 Å². The second-order valence-electron chi connectivity index (χ2n) is 7.79. The second kappa shape index (κ2) is 9.73. The highest BCUT2D eigenvalue weighted by molar-refractivity contribution is 6.30. The molecule has 0 atom stereocenters. The number of carbonyl (C=O) groups excluding carboxylic acids is 1. The third kappa shape index (κ3) is 5.59. The van der Waals surface area contributed by atoms with Gasteiger partial charge in [-0.3, -0.25) is 0 Å². The Balaban J connectivity index is 1.35. The zero-order chi connectivity index (χ0) is 21.8. The van der Waals surface area contributed by atoms with Crippen molar-refractivity contribution in [3.05, 3.63) is 105 Å². The van der Waals surface area contributed by atoms with Crippen molar-refractivity contribution in [2.24, 2.45) is 0 Å². The van der Waals surface area contributed by atoms with E-state index in [-0.39, 0.29) is 18.2 Å². The Morgan fingerprint density at radius 2 is 1.45 bits per heavy atom. The molecule has 1 fully saturated rings. The van der Waals surface area contributed by atoms with Gasteiger partial charge < -0.3 is 15.0 Å². The molecule has 0 unspecified atom stereocenters. The van der Waals surface area contributed by atoms with Crippen LogP contribution < -0.4 is 5.32 Å². The van der Waals surface area contributed by atoms with Gasteiger partial charge in [0.2, 0.25) is 0 Å². The van der Waals surface area contributed by atoms with Crippen molar-refractivity contribution in [1.29, 1.82) is 0 Å². The fraction of sp³-hybridized carbons (Fsp3) is 0.240. The van der Waals surface area contributed by atoms with E-state index in [1.54, 1.807) is 4.90 Å². The van der Waals surface area contributed by atoms with Crippen molar-refractivity contribution in [3.8, 4) is 0 Å². The lowest BCUT2D eigenvalue weighted by Crippen LogP contribution is -2.57. The number of urea groups is 1. The van der Waals surface area contributed by atoms with Gasteiger partial charge in [-0.15, -0.1) is 0 Å². The first-order valence-electron chi connectivity index (χ1n) is 10.2. The van der Waals surface area contributed by atoms with Crippen molar-refractivity contribution >= 4 is 29.2 Å². The molecule has 6 heteroatoms. The lowest BCUT2D eigenvalue weighted by molar-refractivity contribution is -0.0645. The topological polar surface area (TPSA) is 41.6 Å². The number of benzene rings is 3. The molecule has 2 amide bonds. The molecule has 1 heterocycles. The Bertz CT molecular complexity index is 969. The monoisotopic (exact) mass is 454 g/mol. The smallest absolute Gasteiger partial charge is 0.317 e. The van der Waals surface area contributed by atoms with Gasteiger partial charge >= 0.3 is 6.03 Å². The first kappa shape index (κ1) is 21.7. The minimum absolute atomic E-state index is 0.0403. The second-order valence-corrected chi connectivity index (χ2v) is 8.66. The molecular formula is C25H24Cl2N2O2. The molecule has 1 saturated heterocycles. The zero-order valence-electron chi connectivity index (χ0n) is 17.2. The summed E-state index contributed by atoms with van der Waals surface area (Å²) in [6.07, 6.45) is -0.293. The van der Waals surface area contributed by atoms with Crippen molar-refractivity contribution in [2.75, 3.05) is 13.1 Å². The third-order valence-corrected chi connectivity index (χ3v) is 5.88. The van der Waals surface area contributed by atoms with Crippen LogP contribution in [-0.4, -0.2) is 30.1 Å². The van der Waals surface area contributed by atoms with Gasteiger partial charge in [0.05, 0.1) is 19.2 Å². The molecule has 4 nitrogen and oxygen atoms in total. The van der Waals surface area contributed by atoms with Gasteiger partial charge in [-0.1, -0.05) is 77.3 Å². The van der Waals surface area contributed by atoms with Crippen LogP contribution in [0.4, 0.5) is 4.79 Å². The molecule has 0 aliphatic carbocycles. The summed E-state index contributed by atoms with van der Waals surface area (Å²) >= 11 is 12.1. The van der Waals surface area contributed by atoms with Crippen molar-refractivity contribution < 1.29 is 9.53 Å². The van der Waals surface area contributed by atoms with Crippen LogP contribution in [0, 0.1) is 6.92 Å². The number of ether oxygens (including phenoxy) is 1. The lowest BCUT2D eigenvalue weighted by Gasteiger charge is -2.40. The Kier molecular flexibility index (Phi) is 6.81. The summed E-state index contributed by atoms with van der Waals surface area (Å²) < 4.78 is 6.39. The summed E-state index contributed by atoms with van der Waals surface area (Å²) in [7, 11) is 0. The first-order chi connectivity index (χ1) is 15.0. The molecule has 1 aliphatic rings. The molecule has 3 aromatic rings. The standard InChI is InChI=1S/C25H24Cl2N2O2/c1-17-2-4-18(5-3-17)14-28-25(30)29-15-23(16-29)31-24(19-6-10-21(26)11-7-19)20-8-12-22(27)13-9-20/h2-13,23-24H,14-16H2,1H3,(H,28,30). The number of aryl methyl sites for hydroxylation is 1. The zero-order valence-corrected chi connectivity index (χ0v) is 18.7. The lowest BCUT2D eigenvalue weighted by atomic mass is 10.0. The molecule has 0 radical (unpaired) electrons. The SMILES string of the molecule is Cc1ccc(CNC(=O)N2CC(OC(c3ccc(Cl)cc3)c3ccc(Cl)cc3)C2)cc1. The van der Waals surface area contributed by atoms with Crippen LogP contribution in [0.3, 0.4) is 0 Å². The van der Waals surface area contributed by atoms with E-state index in [0.29, 0.717) is 29.7 Å². The molecule has 0 bridgehead atoms. The van der Waals surface area contributed by atoms with Crippen LogP contribution in [0.2, 0.25) is 10.0 Å². The number of hydrogen-bond donors (Lipinski definition) is 1. The van der Waals surface area contributed by atoms with Gasteiger partial charge in [0.15, 0.2) is 0 Å². The highest BCUT2D eigenvalue weighted by Crippen LogP contribution is 2.31. The van der Waals surface area contributed by atoms with E-state index in [1.165, 1.54) is 5.56 Å². The van der Waals surface area contributed by atoms with Gasteiger partial charge in [0.25, 0.3) is 0 Å². The number of nitrogens with one attached hydrogen (secondary N) is 1. The molecule has 0 aromatic heterocycles. The number of hydrogen-bond acceptors (Lipinski definition) is 2. The molecule has 31 heavy (non-hydrogen) atoms. The molecule has 3 aromatic carbocycles. The molecule has 160 valence electrons. The van der Waals surface area contributed by atoms with Crippen molar-refractivity contribution in [3.63, 3.8) is 0 Å². The largest absolute Gasteiger partial charge is 0.362 e. The predicted octanol–water partition coefficient (Wildman–Crippen LogP) is 6.00. The number of rotatable bonds is 6. The first-order valence-corrected chi connectivity index (χ1v) is 11.0. The maximum Gasteiger partial charge on any atom is 0.317 e. The molecule has 0 spiro atoms. The third-order valence-electron chi connectivity index (χ3n) is 5.37. The van der Waals surface area contributed by atoms with Crippen LogP contribution in [0.25, 0.3) is 0 Å². The van der Waals surface area contributed by atoms with E-state index in [4.69, 9.17) is 27.9 Å². The maximum atomic E-state index is 12.4. The van der Waals surface area contributed by atoms with Crippen molar-refractivity contribution in [1.82, 2.24) is 10.2 Å². The average Bonchev–Trinajstić information content (AvgIpc) is 2.74. The molecule has 4 rings (SSSR count). The number of amides is 2. The van der Waals surface area contributed by atoms with E-state index >= 15 is 0 Å². The molecule has 0 saturated carbocycles. The summed E-state index contributed by atoms with van der Waals surface area (Å²) in [6, 6.07) is 23.4. The van der Waals surface area contributed by atoms with E-state index in [1.807, 2.05) is 79.7 Å². The maximum absolute atomic E-state index is 12.4. The minimum Gasteiger partial charge on any atom is -0.362 e. The number of likely N-dealkylation sites (tertiary alicyclic amines) is 1. The van der Waals surface area contributed by atoms with Crippen molar-refractivity contribution in [2.45, 2.75) is 25.7 Å². The van der Waals surface area contributed by atoms with E-state index < -0.39 is 0 Å². The number of nitrogens with zero attached hydrogens (tertiary/aromatic N) is 1. The van der Waals surface area contributed by atoms with Gasteiger partial charge in [-0.2, -0.15) is 0 Å². The van der Waals surface area contributed by atoms with Crippen LogP contribution >= 0.6 is 23.2 Å². The summed E-state index contributed by atoms with van der Waals surface area (Å²) in [5.74, 6) is 0.